The van der Waals surface area contributed by atoms with Crippen molar-refractivity contribution in [3.05, 3.63) is 28.2 Å². The Morgan fingerprint density at radius 3 is 2.71 bits per heavy atom. The minimum absolute atomic E-state index is 0.248. The van der Waals surface area contributed by atoms with E-state index >= 15 is 0 Å². The fourth-order valence-electron chi connectivity index (χ4n) is 1.98. The Balaban J connectivity index is 2.93. The number of carbonyl (C=O) groups is 1. The molecule has 0 spiro atoms. The number of rotatable bonds is 6. The monoisotopic (exact) mass is 298 g/mol. The van der Waals surface area contributed by atoms with E-state index < -0.39 is 0 Å². The zero-order valence-electron chi connectivity index (χ0n) is 10.6. The standard InChI is InChI=1S/C14H19BrO2/c1-4-11(6-5-10(2)16)13-9-12(15)7-8-14(13)17-3/h7-9,11H,4-6H2,1-3H3. The molecule has 0 aromatic heterocycles. The molecule has 2 nitrogen and oxygen atoms in total. The summed E-state index contributed by atoms with van der Waals surface area (Å²) in [6.07, 6.45) is 2.53. The SMILES string of the molecule is CCC(CCC(C)=O)c1cc(Br)ccc1OC. The molecule has 1 atom stereocenters. The van der Waals surface area contributed by atoms with Crippen molar-refractivity contribution >= 4 is 21.7 Å². The third kappa shape index (κ3) is 4.15. The lowest BCUT2D eigenvalue weighted by Crippen LogP contribution is -2.03. The first kappa shape index (κ1) is 14.2. The average molecular weight is 299 g/mol. The summed E-state index contributed by atoms with van der Waals surface area (Å²) in [5, 5.41) is 0. The van der Waals surface area contributed by atoms with Gasteiger partial charge in [0.25, 0.3) is 0 Å². The number of methoxy groups -OCH3 is 1. The van der Waals surface area contributed by atoms with Gasteiger partial charge >= 0.3 is 0 Å². The molecule has 0 aliphatic rings. The van der Waals surface area contributed by atoms with Gasteiger partial charge in [0.05, 0.1) is 7.11 Å². The van der Waals surface area contributed by atoms with Crippen LogP contribution in [0.15, 0.2) is 22.7 Å². The van der Waals surface area contributed by atoms with E-state index in [2.05, 4.69) is 28.9 Å². The molecular formula is C14H19BrO2. The zero-order chi connectivity index (χ0) is 12.8. The average Bonchev–Trinajstić information content (AvgIpc) is 2.30. The van der Waals surface area contributed by atoms with Crippen molar-refractivity contribution in [3.63, 3.8) is 0 Å². The summed E-state index contributed by atoms with van der Waals surface area (Å²) in [7, 11) is 1.68. The maximum atomic E-state index is 11.1. The molecule has 1 aromatic carbocycles. The lowest BCUT2D eigenvalue weighted by atomic mass is 9.90. The molecule has 0 heterocycles. The number of hydrogen-bond acceptors (Lipinski definition) is 2. The lowest BCUT2D eigenvalue weighted by Gasteiger charge is -2.18. The summed E-state index contributed by atoms with van der Waals surface area (Å²) >= 11 is 3.48. The number of Topliss-reactive ketones (excluding diaryl/α,β-unsaturated/α-hetero) is 1. The van der Waals surface area contributed by atoms with Crippen molar-refractivity contribution in [1.29, 1.82) is 0 Å². The smallest absolute Gasteiger partial charge is 0.129 e. The van der Waals surface area contributed by atoms with Crippen molar-refractivity contribution in [2.75, 3.05) is 7.11 Å². The summed E-state index contributed by atoms with van der Waals surface area (Å²) in [5.74, 6) is 1.53. The van der Waals surface area contributed by atoms with Gasteiger partial charge in [0, 0.05) is 10.9 Å². The van der Waals surface area contributed by atoms with E-state index in [1.807, 2.05) is 12.1 Å². The molecule has 0 fully saturated rings. The molecule has 0 saturated carbocycles. The van der Waals surface area contributed by atoms with Crippen LogP contribution in [0.5, 0.6) is 5.75 Å². The van der Waals surface area contributed by atoms with Crippen molar-refractivity contribution in [3.8, 4) is 5.75 Å². The van der Waals surface area contributed by atoms with E-state index in [-0.39, 0.29) is 5.78 Å². The molecule has 1 rings (SSSR count). The molecule has 94 valence electrons. The van der Waals surface area contributed by atoms with Crippen molar-refractivity contribution in [2.45, 2.75) is 39.0 Å². The molecule has 0 saturated heterocycles. The lowest BCUT2D eigenvalue weighted by molar-refractivity contribution is -0.117. The Labute approximate surface area is 111 Å². The van der Waals surface area contributed by atoms with Gasteiger partial charge in [0.1, 0.15) is 11.5 Å². The largest absolute Gasteiger partial charge is 0.496 e. The van der Waals surface area contributed by atoms with E-state index in [1.165, 1.54) is 5.56 Å². The Morgan fingerprint density at radius 2 is 2.18 bits per heavy atom. The van der Waals surface area contributed by atoms with E-state index in [1.54, 1.807) is 14.0 Å². The van der Waals surface area contributed by atoms with E-state index in [9.17, 15) is 4.79 Å². The van der Waals surface area contributed by atoms with Crippen LogP contribution in [0, 0.1) is 0 Å². The highest BCUT2D eigenvalue weighted by atomic mass is 79.9. The fourth-order valence-corrected chi connectivity index (χ4v) is 2.36. The molecule has 0 aliphatic heterocycles. The van der Waals surface area contributed by atoms with Gasteiger partial charge in [-0.2, -0.15) is 0 Å². The molecule has 0 amide bonds. The number of ketones is 1. The van der Waals surface area contributed by atoms with Crippen LogP contribution >= 0.6 is 15.9 Å². The third-order valence-electron chi connectivity index (χ3n) is 2.97. The van der Waals surface area contributed by atoms with Crippen LogP contribution in [0.3, 0.4) is 0 Å². The van der Waals surface area contributed by atoms with Crippen LogP contribution in [0.4, 0.5) is 0 Å². The van der Waals surface area contributed by atoms with Gasteiger partial charge < -0.3 is 9.53 Å². The van der Waals surface area contributed by atoms with Crippen molar-refractivity contribution in [2.24, 2.45) is 0 Å². The quantitative estimate of drug-likeness (QED) is 0.782. The van der Waals surface area contributed by atoms with Crippen LogP contribution in [0.2, 0.25) is 0 Å². The van der Waals surface area contributed by atoms with E-state index in [0.717, 1.165) is 23.1 Å². The molecule has 1 aromatic rings. The molecule has 1 unspecified atom stereocenters. The van der Waals surface area contributed by atoms with Gasteiger partial charge in [-0.3, -0.25) is 0 Å². The second-order valence-corrected chi connectivity index (χ2v) is 5.15. The first-order chi connectivity index (χ1) is 8.08. The van der Waals surface area contributed by atoms with E-state index in [4.69, 9.17) is 4.74 Å². The van der Waals surface area contributed by atoms with E-state index in [0.29, 0.717) is 12.3 Å². The Bertz CT molecular complexity index is 388. The topological polar surface area (TPSA) is 26.3 Å². The van der Waals surface area contributed by atoms with Crippen LogP contribution in [0.1, 0.15) is 44.6 Å². The van der Waals surface area contributed by atoms with Gasteiger partial charge in [-0.1, -0.05) is 22.9 Å². The summed E-state index contributed by atoms with van der Waals surface area (Å²) in [6.45, 7) is 3.79. The molecule has 0 radical (unpaired) electrons. The molecule has 17 heavy (non-hydrogen) atoms. The van der Waals surface area contributed by atoms with Crippen LogP contribution in [-0.2, 0) is 4.79 Å². The summed E-state index contributed by atoms with van der Waals surface area (Å²) in [4.78, 5) is 11.1. The molecule has 0 aliphatic carbocycles. The first-order valence-electron chi connectivity index (χ1n) is 5.91. The molecule has 3 heteroatoms. The minimum atomic E-state index is 0.248. The minimum Gasteiger partial charge on any atom is -0.496 e. The van der Waals surface area contributed by atoms with Crippen LogP contribution < -0.4 is 4.74 Å². The van der Waals surface area contributed by atoms with Crippen LogP contribution in [-0.4, -0.2) is 12.9 Å². The second kappa shape index (κ2) is 6.80. The Hall–Kier alpha value is -0.830. The number of carbonyl (C=O) groups excluding carboxylic acids is 1. The molecule has 0 bridgehead atoms. The maximum Gasteiger partial charge on any atom is 0.129 e. The first-order valence-corrected chi connectivity index (χ1v) is 6.70. The van der Waals surface area contributed by atoms with Gasteiger partial charge in [-0.25, -0.2) is 0 Å². The predicted molar refractivity (Wildman–Crippen MR) is 73.6 cm³/mol. The highest BCUT2D eigenvalue weighted by Crippen LogP contribution is 2.34. The maximum absolute atomic E-state index is 11.1. The Kier molecular flexibility index (Phi) is 5.69. The molecule has 0 N–H and O–H groups in total. The summed E-state index contributed by atoms with van der Waals surface area (Å²) in [6, 6.07) is 6.03. The van der Waals surface area contributed by atoms with Gasteiger partial charge in [-0.05, 0) is 49.4 Å². The zero-order valence-corrected chi connectivity index (χ0v) is 12.2. The van der Waals surface area contributed by atoms with Gasteiger partial charge in [0.15, 0.2) is 0 Å². The number of hydrogen-bond donors (Lipinski definition) is 0. The van der Waals surface area contributed by atoms with Gasteiger partial charge in [-0.15, -0.1) is 0 Å². The third-order valence-corrected chi connectivity index (χ3v) is 3.46. The number of ether oxygens (including phenoxy) is 1. The van der Waals surface area contributed by atoms with Crippen molar-refractivity contribution in [1.82, 2.24) is 0 Å². The number of halogens is 1. The number of benzene rings is 1. The fraction of sp³-hybridized carbons (Fsp3) is 0.500. The highest BCUT2D eigenvalue weighted by molar-refractivity contribution is 9.10. The summed E-state index contributed by atoms with van der Waals surface area (Å²) < 4.78 is 6.43. The Morgan fingerprint density at radius 1 is 1.47 bits per heavy atom. The molecular weight excluding hydrogens is 280 g/mol. The van der Waals surface area contributed by atoms with Crippen LogP contribution in [0.25, 0.3) is 0 Å². The predicted octanol–water partition coefficient (Wildman–Crippen LogP) is 4.32. The second-order valence-electron chi connectivity index (χ2n) is 4.23. The highest BCUT2D eigenvalue weighted by Gasteiger charge is 2.15. The van der Waals surface area contributed by atoms with Gasteiger partial charge in [0.2, 0.25) is 0 Å². The normalized spacial score (nSPS) is 12.2. The summed E-state index contributed by atoms with van der Waals surface area (Å²) in [5.41, 5.74) is 1.19. The van der Waals surface area contributed by atoms with Crippen molar-refractivity contribution < 1.29 is 9.53 Å².